The standard InChI is InChI=1S/C11H12BrF3N2O3/c1-2-8(10(16)17-18)19-6-3-4-9(7(12)5-6)20-11(13,14)15/h3-5,8,18H,2H2,1H3,(H2,16,17). The van der Waals surface area contributed by atoms with Crippen molar-refractivity contribution in [2.24, 2.45) is 10.9 Å². The Balaban J connectivity index is 2.87. The van der Waals surface area contributed by atoms with Crippen LogP contribution in [0.25, 0.3) is 0 Å². The predicted octanol–water partition coefficient (Wildman–Crippen LogP) is 3.25. The molecule has 20 heavy (non-hydrogen) atoms. The molecule has 0 saturated carbocycles. The molecule has 0 heterocycles. The molecule has 0 aliphatic rings. The maximum Gasteiger partial charge on any atom is 0.573 e. The van der Waals surface area contributed by atoms with E-state index in [9.17, 15) is 13.2 Å². The first-order valence-corrected chi connectivity index (χ1v) is 6.25. The van der Waals surface area contributed by atoms with E-state index in [1.807, 2.05) is 0 Å². The van der Waals surface area contributed by atoms with Crippen molar-refractivity contribution in [1.82, 2.24) is 0 Å². The molecule has 3 N–H and O–H groups in total. The maximum absolute atomic E-state index is 12.1. The first-order chi connectivity index (χ1) is 9.26. The van der Waals surface area contributed by atoms with E-state index in [2.05, 4.69) is 25.8 Å². The number of benzene rings is 1. The number of hydrogen-bond donors (Lipinski definition) is 2. The predicted molar refractivity (Wildman–Crippen MR) is 68.9 cm³/mol. The van der Waals surface area contributed by atoms with Gasteiger partial charge in [-0.05, 0) is 40.5 Å². The van der Waals surface area contributed by atoms with Crippen molar-refractivity contribution in [3.05, 3.63) is 22.7 Å². The molecule has 0 bridgehead atoms. The van der Waals surface area contributed by atoms with E-state index >= 15 is 0 Å². The topological polar surface area (TPSA) is 77.1 Å². The molecule has 1 unspecified atom stereocenters. The van der Waals surface area contributed by atoms with Crippen LogP contribution in [-0.4, -0.2) is 23.5 Å². The van der Waals surface area contributed by atoms with Gasteiger partial charge in [0, 0.05) is 0 Å². The highest BCUT2D eigenvalue weighted by atomic mass is 79.9. The van der Waals surface area contributed by atoms with Crippen LogP contribution >= 0.6 is 15.9 Å². The van der Waals surface area contributed by atoms with Crippen LogP contribution in [0.4, 0.5) is 13.2 Å². The Morgan fingerprint density at radius 3 is 2.60 bits per heavy atom. The van der Waals surface area contributed by atoms with Crippen LogP contribution < -0.4 is 15.2 Å². The zero-order valence-electron chi connectivity index (χ0n) is 10.3. The fraction of sp³-hybridized carbons (Fsp3) is 0.364. The van der Waals surface area contributed by atoms with Crippen molar-refractivity contribution in [3.8, 4) is 11.5 Å². The fourth-order valence-corrected chi connectivity index (χ4v) is 1.78. The molecule has 112 valence electrons. The molecule has 9 heteroatoms. The van der Waals surface area contributed by atoms with Crippen molar-refractivity contribution in [3.63, 3.8) is 0 Å². The van der Waals surface area contributed by atoms with E-state index in [4.69, 9.17) is 15.7 Å². The lowest BCUT2D eigenvalue weighted by molar-refractivity contribution is -0.274. The van der Waals surface area contributed by atoms with Crippen molar-refractivity contribution >= 4 is 21.8 Å². The van der Waals surface area contributed by atoms with Gasteiger partial charge in [-0.1, -0.05) is 12.1 Å². The Hall–Kier alpha value is -1.64. The minimum absolute atomic E-state index is 0.0710. The van der Waals surface area contributed by atoms with Crippen LogP contribution in [0.15, 0.2) is 27.8 Å². The normalized spacial score (nSPS) is 13.9. The summed E-state index contributed by atoms with van der Waals surface area (Å²) in [6.45, 7) is 1.75. The molecule has 0 amide bonds. The summed E-state index contributed by atoms with van der Waals surface area (Å²) in [6.07, 6.45) is -5.03. The van der Waals surface area contributed by atoms with Gasteiger partial charge in [-0.2, -0.15) is 0 Å². The van der Waals surface area contributed by atoms with Gasteiger partial charge in [0.25, 0.3) is 0 Å². The molecule has 1 atom stereocenters. The van der Waals surface area contributed by atoms with Gasteiger partial charge in [0.1, 0.15) is 11.5 Å². The van der Waals surface area contributed by atoms with Crippen molar-refractivity contribution in [1.29, 1.82) is 0 Å². The van der Waals surface area contributed by atoms with Crippen molar-refractivity contribution < 1.29 is 27.9 Å². The molecule has 0 aromatic heterocycles. The number of amidine groups is 1. The summed E-state index contributed by atoms with van der Waals surface area (Å²) in [4.78, 5) is 0. The molecular weight excluding hydrogens is 345 g/mol. The SMILES string of the molecule is CCC(Oc1ccc(OC(F)(F)F)c(Br)c1)/C(N)=N/O. The molecule has 0 radical (unpaired) electrons. The average molecular weight is 357 g/mol. The summed E-state index contributed by atoms with van der Waals surface area (Å²) in [5, 5.41) is 11.4. The lowest BCUT2D eigenvalue weighted by Crippen LogP contribution is -2.33. The summed E-state index contributed by atoms with van der Waals surface area (Å²) in [5.74, 6) is -0.259. The van der Waals surface area contributed by atoms with Crippen LogP contribution in [0, 0.1) is 0 Å². The number of hydrogen-bond acceptors (Lipinski definition) is 4. The molecule has 1 aromatic rings. The molecule has 1 aromatic carbocycles. The number of ether oxygens (including phenoxy) is 2. The summed E-state index contributed by atoms with van der Waals surface area (Å²) in [7, 11) is 0. The summed E-state index contributed by atoms with van der Waals surface area (Å²) >= 11 is 2.95. The molecule has 5 nitrogen and oxygen atoms in total. The van der Waals surface area contributed by atoms with Crippen LogP contribution in [0.2, 0.25) is 0 Å². The molecule has 0 saturated heterocycles. The second-order valence-electron chi connectivity index (χ2n) is 3.68. The summed E-state index contributed by atoms with van der Waals surface area (Å²) < 4.78 is 45.6. The number of nitrogens with two attached hydrogens (primary N) is 1. The number of halogens is 4. The van der Waals surface area contributed by atoms with E-state index < -0.39 is 12.5 Å². The third-order valence-electron chi connectivity index (χ3n) is 2.22. The minimum atomic E-state index is -4.77. The Kier molecular flexibility index (Phi) is 5.49. The number of oxime groups is 1. The quantitative estimate of drug-likeness (QED) is 0.367. The Bertz CT molecular complexity index is 494. The molecule has 0 fully saturated rings. The second kappa shape index (κ2) is 6.69. The van der Waals surface area contributed by atoms with Gasteiger partial charge < -0.3 is 20.4 Å². The first kappa shape index (κ1) is 16.4. The number of rotatable bonds is 5. The summed E-state index contributed by atoms with van der Waals surface area (Å²) in [5.41, 5.74) is 5.42. The Morgan fingerprint density at radius 1 is 1.50 bits per heavy atom. The minimum Gasteiger partial charge on any atom is -0.482 e. The van der Waals surface area contributed by atoms with Gasteiger partial charge in [0.05, 0.1) is 4.47 Å². The zero-order valence-corrected chi connectivity index (χ0v) is 11.9. The lowest BCUT2D eigenvalue weighted by atomic mass is 10.2. The highest BCUT2D eigenvalue weighted by molar-refractivity contribution is 9.10. The average Bonchev–Trinajstić information content (AvgIpc) is 2.36. The molecule has 0 spiro atoms. The zero-order chi connectivity index (χ0) is 15.3. The van der Waals surface area contributed by atoms with Crippen molar-refractivity contribution in [2.45, 2.75) is 25.8 Å². The van der Waals surface area contributed by atoms with E-state index in [0.29, 0.717) is 6.42 Å². The van der Waals surface area contributed by atoms with Crippen LogP contribution in [0.5, 0.6) is 11.5 Å². The van der Waals surface area contributed by atoms with Gasteiger partial charge in [0.15, 0.2) is 11.9 Å². The highest BCUT2D eigenvalue weighted by Crippen LogP contribution is 2.33. The van der Waals surface area contributed by atoms with E-state index in [0.717, 1.165) is 6.07 Å². The molecule has 1 rings (SSSR count). The second-order valence-corrected chi connectivity index (χ2v) is 4.53. The van der Waals surface area contributed by atoms with Gasteiger partial charge in [0.2, 0.25) is 0 Å². The smallest absolute Gasteiger partial charge is 0.482 e. The Morgan fingerprint density at radius 2 is 2.15 bits per heavy atom. The third kappa shape index (κ3) is 4.80. The first-order valence-electron chi connectivity index (χ1n) is 5.46. The maximum atomic E-state index is 12.1. The van der Waals surface area contributed by atoms with E-state index in [1.165, 1.54) is 12.1 Å². The number of alkyl halides is 3. The largest absolute Gasteiger partial charge is 0.573 e. The third-order valence-corrected chi connectivity index (χ3v) is 2.84. The van der Waals surface area contributed by atoms with Gasteiger partial charge >= 0.3 is 6.36 Å². The lowest BCUT2D eigenvalue weighted by Gasteiger charge is -2.17. The van der Waals surface area contributed by atoms with Crippen LogP contribution in [-0.2, 0) is 0 Å². The highest BCUT2D eigenvalue weighted by Gasteiger charge is 2.32. The van der Waals surface area contributed by atoms with Gasteiger partial charge in [-0.25, -0.2) is 0 Å². The van der Waals surface area contributed by atoms with Gasteiger partial charge in [-0.3, -0.25) is 0 Å². The van der Waals surface area contributed by atoms with E-state index in [1.54, 1.807) is 6.92 Å². The monoisotopic (exact) mass is 356 g/mol. The Labute approximate surface area is 121 Å². The fourth-order valence-electron chi connectivity index (χ4n) is 1.34. The number of nitrogens with zero attached hydrogens (tertiary/aromatic N) is 1. The van der Waals surface area contributed by atoms with Gasteiger partial charge in [-0.15, -0.1) is 13.2 Å². The van der Waals surface area contributed by atoms with E-state index in [-0.39, 0.29) is 21.8 Å². The molecular formula is C11H12BrF3N2O3. The van der Waals surface area contributed by atoms with Crippen molar-refractivity contribution in [2.75, 3.05) is 0 Å². The van der Waals surface area contributed by atoms with Crippen LogP contribution in [0.3, 0.4) is 0 Å². The molecule has 0 aliphatic carbocycles. The van der Waals surface area contributed by atoms with Crippen LogP contribution in [0.1, 0.15) is 13.3 Å². The summed E-state index contributed by atoms with van der Waals surface area (Å²) in [6, 6.07) is 3.69. The molecule has 0 aliphatic heterocycles.